The number of aryl methyl sites for hydroxylation is 2. The summed E-state index contributed by atoms with van der Waals surface area (Å²) in [5.74, 6) is 0.284. The van der Waals surface area contributed by atoms with Crippen LogP contribution in [0, 0.1) is 13.8 Å². The molecule has 0 radical (unpaired) electrons. The number of rotatable bonds is 8. The molecule has 2 N–H and O–H groups in total. The number of amides is 2. The zero-order valence-corrected chi connectivity index (χ0v) is 20.4. The molecule has 9 heteroatoms. The number of anilines is 1. The molecule has 182 valence electrons. The van der Waals surface area contributed by atoms with Gasteiger partial charge in [0.2, 0.25) is 10.0 Å². The van der Waals surface area contributed by atoms with Crippen molar-refractivity contribution in [2.75, 3.05) is 25.0 Å². The Hall–Kier alpha value is -2.91. The van der Waals surface area contributed by atoms with Crippen molar-refractivity contribution in [1.82, 2.24) is 9.62 Å². The number of ether oxygens (including phenoxy) is 1. The van der Waals surface area contributed by atoms with Crippen LogP contribution in [0.2, 0.25) is 0 Å². The van der Waals surface area contributed by atoms with Gasteiger partial charge in [-0.05, 0) is 93.5 Å². The highest BCUT2D eigenvalue weighted by Gasteiger charge is 2.28. The van der Waals surface area contributed by atoms with Crippen LogP contribution in [0.1, 0.15) is 53.6 Å². The van der Waals surface area contributed by atoms with Crippen LogP contribution >= 0.6 is 0 Å². The second-order valence-corrected chi connectivity index (χ2v) is 10.8. The summed E-state index contributed by atoms with van der Waals surface area (Å²) in [4.78, 5) is 27.2. The van der Waals surface area contributed by atoms with Gasteiger partial charge in [0.15, 0.2) is 6.61 Å². The van der Waals surface area contributed by atoms with Crippen molar-refractivity contribution >= 4 is 27.5 Å². The summed E-state index contributed by atoms with van der Waals surface area (Å²) in [6.07, 6.45) is 4.95. The standard InChI is InChI=1S/C25H31N3O5S/c1-17-14-19(15-18(2)24(17)33-16-23(29)28-12-4-3-5-13-28)25(30)26-20-8-10-22(11-9-20)34(31,32)27-21-6-7-21/h8-11,14-15,21,27H,3-7,12-13,16H2,1-2H3,(H,26,30). The number of hydrogen-bond acceptors (Lipinski definition) is 5. The van der Waals surface area contributed by atoms with Gasteiger partial charge in [-0.15, -0.1) is 0 Å². The maximum atomic E-state index is 12.8. The maximum Gasteiger partial charge on any atom is 0.260 e. The van der Waals surface area contributed by atoms with Gasteiger partial charge >= 0.3 is 0 Å². The van der Waals surface area contributed by atoms with Gasteiger partial charge in [0.1, 0.15) is 5.75 Å². The molecule has 0 atom stereocenters. The first-order valence-corrected chi connectivity index (χ1v) is 13.2. The maximum absolute atomic E-state index is 12.8. The lowest BCUT2D eigenvalue weighted by Crippen LogP contribution is -2.38. The molecule has 1 saturated heterocycles. The second-order valence-electron chi connectivity index (χ2n) is 9.04. The van der Waals surface area contributed by atoms with E-state index in [1.165, 1.54) is 12.1 Å². The molecule has 1 saturated carbocycles. The minimum Gasteiger partial charge on any atom is -0.483 e. The molecular weight excluding hydrogens is 454 g/mol. The molecule has 0 spiro atoms. The zero-order valence-electron chi connectivity index (χ0n) is 19.6. The van der Waals surface area contributed by atoms with Crippen molar-refractivity contribution in [2.45, 2.75) is 56.9 Å². The Balaban J connectivity index is 1.38. The number of nitrogens with zero attached hydrogens (tertiary/aromatic N) is 1. The third kappa shape index (κ3) is 5.95. The van der Waals surface area contributed by atoms with Gasteiger partial charge in [-0.3, -0.25) is 9.59 Å². The van der Waals surface area contributed by atoms with Crippen molar-refractivity contribution in [1.29, 1.82) is 0 Å². The first kappa shape index (κ1) is 24.2. The highest BCUT2D eigenvalue weighted by Crippen LogP contribution is 2.26. The van der Waals surface area contributed by atoms with Crippen LogP contribution in [0.25, 0.3) is 0 Å². The van der Waals surface area contributed by atoms with E-state index >= 15 is 0 Å². The van der Waals surface area contributed by atoms with Gasteiger partial charge in [0.25, 0.3) is 11.8 Å². The fourth-order valence-corrected chi connectivity index (χ4v) is 5.39. The number of likely N-dealkylation sites (tertiary alicyclic amines) is 1. The molecule has 2 amide bonds. The first-order valence-electron chi connectivity index (χ1n) is 11.7. The predicted octanol–water partition coefficient (Wildman–Crippen LogP) is 3.39. The smallest absolute Gasteiger partial charge is 0.260 e. The SMILES string of the molecule is Cc1cc(C(=O)Nc2ccc(S(=O)(=O)NC3CC3)cc2)cc(C)c1OCC(=O)N1CCCCC1. The Morgan fingerprint density at radius 2 is 1.62 bits per heavy atom. The van der Waals surface area contributed by atoms with Gasteiger partial charge < -0.3 is 15.0 Å². The normalized spacial score (nSPS) is 16.2. The third-order valence-corrected chi connectivity index (χ3v) is 7.63. The molecule has 4 rings (SSSR count). The molecule has 2 aliphatic rings. The highest BCUT2D eigenvalue weighted by atomic mass is 32.2. The minimum atomic E-state index is -3.53. The Morgan fingerprint density at radius 3 is 2.21 bits per heavy atom. The molecule has 34 heavy (non-hydrogen) atoms. The van der Waals surface area contributed by atoms with Gasteiger partial charge in [0, 0.05) is 30.4 Å². The summed E-state index contributed by atoms with van der Waals surface area (Å²) >= 11 is 0. The summed E-state index contributed by atoms with van der Waals surface area (Å²) in [6.45, 7) is 5.23. The number of benzene rings is 2. The summed E-state index contributed by atoms with van der Waals surface area (Å²) < 4.78 is 33.1. The summed E-state index contributed by atoms with van der Waals surface area (Å²) in [5, 5.41) is 2.80. The zero-order chi connectivity index (χ0) is 24.3. The van der Waals surface area contributed by atoms with Crippen molar-refractivity contribution in [3.63, 3.8) is 0 Å². The van der Waals surface area contributed by atoms with E-state index in [0.717, 1.165) is 56.3 Å². The second kappa shape index (κ2) is 10.1. The van der Waals surface area contributed by atoms with Gasteiger partial charge in [-0.1, -0.05) is 0 Å². The third-order valence-electron chi connectivity index (χ3n) is 6.09. The van der Waals surface area contributed by atoms with Gasteiger partial charge in [-0.2, -0.15) is 0 Å². The quantitative estimate of drug-likeness (QED) is 0.596. The average molecular weight is 486 g/mol. The molecule has 8 nitrogen and oxygen atoms in total. The predicted molar refractivity (Wildman–Crippen MR) is 130 cm³/mol. The van der Waals surface area contributed by atoms with Crippen molar-refractivity contribution in [3.8, 4) is 5.75 Å². The van der Waals surface area contributed by atoms with E-state index < -0.39 is 10.0 Å². The van der Waals surface area contributed by atoms with E-state index in [1.54, 1.807) is 24.3 Å². The largest absolute Gasteiger partial charge is 0.483 e. The number of carbonyl (C=O) groups excluding carboxylic acids is 2. The summed E-state index contributed by atoms with van der Waals surface area (Å²) in [5.41, 5.74) is 2.49. The lowest BCUT2D eigenvalue weighted by atomic mass is 10.0. The molecule has 2 aromatic carbocycles. The Kier molecular flexibility index (Phi) is 7.23. The number of nitrogens with one attached hydrogen (secondary N) is 2. The lowest BCUT2D eigenvalue weighted by molar-refractivity contribution is -0.134. The molecule has 2 aromatic rings. The number of carbonyl (C=O) groups is 2. The van der Waals surface area contributed by atoms with E-state index in [4.69, 9.17) is 4.74 Å². The molecule has 0 aromatic heterocycles. The summed E-state index contributed by atoms with van der Waals surface area (Å²) in [7, 11) is -3.53. The molecule has 2 fully saturated rings. The summed E-state index contributed by atoms with van der Waals surface area (Å²) in [6, 6.07) is 9.58. The molecule has 1 aliphatic carbocycles. The van der Waals surface area contributed by atoms with E-state index in [2.05, 4.69) is 10.0 Å². The lowest BCUT2D eigenvalue weighted by Gasteiger charge is -2.26. The van der Waals surface area contributed by atoms with Crippen molar-refractivity contribution in [2.24, 2.45) is 0 Å². The highest BCUT2D eigenvalue weighted by molar-refractivity contribution is 7.89. The number of sulfonamides is 1. The van der Waals surface area contributed by atoms with Crippen LogP contribution in [-0.2, 0) is 14.8 Å². The van der Waals surface area contributed by atoms with Crippen LogP contribution in [0.15, 0.2) is 41.3 Å². The first-order chi connectivity index (χ1) is 16.2. The van der Waals surface area contributed by atoms with Crippen LogP contribution in [-0.4, -0.2) is 50.9 Å². The van der Waals surface area contributed by atoms with E-state index in [9.17, 15) is 18.0 Å². The molecule has 1 heterocycles. The van der Waals surface area contributed by atoms with Crippen molar-refractivity contribution in [3.05, 3.63) is 53.1 Å². The Labute approximate surface area is 200 Å². The fraction of sp³-hybridized carbons (Fsp3) is 0.440. The molecular formula is C25H31N3O5S. The Bertz CT molecular complexity index is 1140. The fourth-order valence-electron chi connectivity index (χ4n) is 4.09. The average Bonchev–Trinajstić information content (AvgIpc) is 3.62. The van der Waals surface area contributed by atoms with E-state index in [0.29, 0.717) is 17.0 Å². The number of piperidine rings is 1. The molecule has 0 unspecified atom stereocenters. The van der Waals surface area contributed by atoms with Crippen LogP contribution in [0.5, 0.6) is 5.75 Å². The van der Waals surface area contributed by atoms with Crippen LogP contribution in [0.3, 0.4) is 0 Å². The van der Waals surface area contributed by atoms with Crippen molar-refractivity contribution < 1.29 is 22.7 Å². The Morgan fingerprint density at radius 1 is 1.00 bits per heavy atom. The monoisotopic (exact) mass is 485 g/mol. The van der Waals surface area contributed by atoms with Crippen LogP contribution < -0.4 is 14.8 Å². The molecule has 0 bridgehead atoms. The van der Waals surface area contributed by atoms with Gasteiger partial charge in [0.05, 0.1) is 4.90 Å². The minimum absolute atomic E-state index is 0.0156. The number of hydrogen-bond donors (Lipinski definition) is 2. The van der Waals surface area contributed by atoms with Gasteiger partial charge in [-0.25, -0.2) is 13.1 Å². The molecule has 1 aliphatic heterocycles. The topological polar surface area (TPSA) is 105 Å². The van der Waals surface area contributed by atoms with Crippen LogP contribution in [0.4, 0.5) is 5.69 Å². The van der Waals surface area contributed by atoms with E-state index in [1.807, 2.05) is 18.7 Å². The van der Waals surface area contributed by atoms with E-state index in [-0.39, 0.29) is 29.4 Å².